The Morgan fingerprint density at radius 3 is 2.95 bits per heavy atom. The van der Waals surface area contributed by atoms with Crippen LogP contribution in [0.1, 0.15) is 0 Å². The summed E-state index contributed by atoms with van der Waals surface area (Å²) >= 11 is 1.04. The zero-order valence-electron chi connectivity index (χ0n) is 9.66. The molecule has 0 aliphatic carbocycles. The van der Waals surface area contributed by atoms with Gasteiger partial charge in [0.2, 0.25) is 5.91 Å². The third kappa shape index (κ3) is 3.81. The van der Waals surface area contributed by atoms with Gasteiger partial charge >= 0.3 is 0 Å². The average Bonchev–Trinajstić information content (AvgIpc) is 2.39. The minimum atomic E-state index is -0.376. The molecule has 7 nitrogen and oxygen atoms in total. The Bertz CT molecular complexity index is 644. The Labute approximate surface area is 112 Å². The van der Waals surface area contributed by atoms with Crippen LogP contribution in [0.15, 0.2) is 40.4 Å². The number of rotatable bonds is 4. The first kappa shape index (κ1) is 13.1. The van der Waals surface area contributed by atoms with Gasteiger partial charge in [0.15, 0.2) is 5.16 Å². The zero-order valence-corrected chi connectivity index (χ0v) is 10.5. The van der Waals surface area contributed by atoms with Crippen molar-refractivity contribution in [3.8, 4) is 5.75 Å². The van der Waals surface area contributed by atoms with Gasteiger partial charge in [-0.15, -0.1) is 5.10 Å². The molecule has 0 atom stereocenters. The molecule has 98 valence electrons. The van der Waals surface area contributed by atoms with Crippen molar-refractivity contribution in [2.45, 2.75) is 5.16 Å². The summed E-state index contributed by atoms with van der Waals surface area (Å²) in [7, 11) is 0. The number of nitrogens with zero attached hydrogens (tertiary/aromatic N) is 2. The number of phenols is 1. The molecule has 8 heteroatoms. The number of hydrogen-bond donors (Lipinski definition) is 3. The van der Waals surface area contributed by atoms with Crippen LogP contribution in [0.2, 0.25) is 0 Å². The Morgan fingerprint density at radius 2 is 2.21 bits per heavy atom. The van der Waals surface area contributed by atoms with Gasteiger partial charge < -0.3 is 10.4 Å². The molecular formula is C11H10N4O3S. The molecule has 0 saturated heterocycles. The molecule has 0 aliphatic heterocycles. The number of carbonyl (C=O) groups is 1. The van der Waals surface area contributed by atoms with Crippen molar-refractivity contribution in [1.82, 2.24) is 15.2 Å². The molecule has 0 radical (unpaired) electrons. The highest BCUT2D eigenvalue weighted by Crippen LogP contribution is 2.21. The fourth-order valence-electron chi connectivity index (χ4n) is 1.26. The van der Waals surface area contributed by atoms with Crippen LogP contribution in [0.5, 0.6) is 5.75 Å². The Balaban J connectivity index is 1.92. The topological polar surface area (TPSA) is 108 Å². The summed E-state index contributed by atoms with van der Waals surface area (Å²) in [5, 5.41) is 19.4. The molecule has 1 aromatic carbocycles. The molecule has 3 N–H and O–H groups in total. The number of nitrogens with one attached hydrogen (secondary N) is 2. The summed E-state index contributed by atoms with van der Waals surface area (Å²) in [6, 6.07) is 6.41. The maximum Gasteiger partial charge on any atom is 0.270 e. The minimum Gasteiger partial charge on any atom is -0.506 e. The van der Waals surface area contributed by atoms with Crippen LogP contribution in [0, 0.1) is 0 Å². The Morgan fingerprint density at radius 1 is 1.42 bits per heavy atom. The number of para-hydroxylation sites is 2. The first-order valence-electron chi connectivity index (χ1n) is 5.28. The molecule has 0 aliphatic rings. The second-order valence-electron chi connectivity index (χ2n) is 3.49. The fraction of sp³-hybridized carbons (Fsp3) is 0.0909. The van der Waals surface area contributed by atoms with Crippen molar-refractivity contribution in [1.29, 1.82) is 0 Å². The van der Waals surface area contributed by atoms with E-state index in [1.165, 1.54) is 6.07 Å². The first-order chi connectivity index (χ1) is 9.15. The van der Waals surface area contributed by atoms with E-state index < -0.39 is 0 Å². The van der Waals surface area contributed by atoms with Gasteiger partial charge in [-0.2, -0.15) is 5.10 Å². The summed E-state index contributed by atoms with van der Waals surface area (Å²) < 4.78 is 0. The van der Waals surface area contributed by atoms with Crippen LogP contribution in [0.4, 0.5) is 5.69 Å². The summed E-state index contributed by atoms with van der Waals surface area (Å²) in [5.41, 5.74) is -0.0423. The highest BCUT2D eigenvalue weighted by atomic mass is 32.2. The number of carbonyl (C=O) groups excluding carboxylic acids is 1. The van der Waals surface area contributed by atoms with E-state index >= 15 is 0 Å². The van der Waals surface area contributed by atoms with E-state index in [-0.39, 0.29) is 28.1 Å². The quantitative estimate of drug-likeness (QED) is 0.558. The highest BCUT2D eigenvalue weighted by molar-refractivity contribution is 7.99. The molecule has 0 unspecified atom stereocenters. The minimum absolute atomic E-state index is 0.00578. The van der Waals surface area contributed by atoms with E-state index in [1.54, 1.807) is 18.2 Å². The third-order valence-corrected chi connectivity index (χ3v) is 2.94. The molecule has 0 bridgehead atoms. The van der Waals surface area contributed by atoms with Gasteiger partial charge in [0, 0.05) is 0 Å². The molecule has 19 heavy (non-hydrogen) atoms. The van der Waals surface area contributed by atoms with Crippen LogP contribution in [-0.2, 0) is 4.79 Å². The standard InChI is InChI=1S/C11H10N4O3S/c16-8-4-2-1-3-7(8)13-10(18)6-19-11-14-9(17)5-12-15-11/h1-5,16H,6H2,(H,13,18)(H,14,15,17). The number of aromatic hydroxyl groups is 1. The second kappa shape index (κ2) is 6.01. The molecule has 0 fully saturated rings. The zero-order chi connectivity index (χ0) is 13.7. The van der Waals surface area contributed by atoms with Crippen molar-refractivity contribution >= 4 is 23.4 Å². The van der Waals surface area contributed by atoms with Gasteiger partial charge in [0.1, 0.15) is 11.9 Å². The summed E-state index contributed by atoms with van der Waals surface area (Å²) in [6.07, 6.45) is 1.05. The molecule has 2 aromatic rings. The lowest BCUT2D eigenvalue weighted by atomic mass is 10.3. The molecule has 0 spiro atoms. The van der Waals surface area contributed by atoms with E-state index in [9.17, 15) is 14.7 Å². The Hall–Kier alpha value is -2.35. The number of anilines is 1. The second-order valence-corrected chi connectivity index (χ2v) is 4.46. The SMILES string of the molecule is O=C(CSc1nncc(=O)[nH]1)Nc1ccccc1O. The van der Waals surface area contributed by atoms with Crippen molar-refractivity contribution in [2.24, 2.45) is 0 Å². The Kier molecular flexibility index (Phi) is 4.14. The van der Waals surface area contributed by atoms with E-state index in [0.717, 1.165) is 18.0 Å². The van der Waals surface area contributed by atoms with E-state index in [2.05, 4.69) is 20.5 Å². The van der Waals surface area contributed by atoms with Crippen molar-refractivity contribution < 1.29 is 9.90 Å². The third-order valence-electron chi connectivity index (χ3n) is 2.07. The van der Waals surface area contributed by atoms with Crippen LogP contribution in [0.25, 0.3) is 0 Å². The molecule has 1 amide bonds. The van der Waals surface area contributed by atoms with Gasteiger partial charge in [0.05, 0.1) is 11.4 Å². The van der Waals surface area contributed by atoms with Gasteiger partial charge in [-0.3, -0.25) is 14.6 Å². The van der Waals surface area contributed by atoms with E-state index in [0.29, 0.717) is 5.69 Å². The van der Waals surface area contributed by atoms with Crippen molar-refractivity contribution in [3.63, 3.8) is 0 Å². The number of aromatic nitrogens is 3. The average molecular weight is 278 g/mol. The normalized spacial score (nSPS) is 10.1. The molecular weight excluding hydrogens is 268 g/mol. The number of thioether (sulfide) groups is 1. The number of phenolic OH excluding ortho intramolecular Hbond substituents is 1. The number of hydrogen-bond acceptors (Lipinski definition) is 6. The first-order valence-corrected chi connectivity index (χ1v) is 6.26. The molecule has 1 aromatic heterocycles. The fourth-order valence-corrected chi connectivity index (χ4v) is 1.88. The lowest BCUT2D eigenvalue weighted by Gasteiger charge is -2.06. The molecule has 2 rings (SSSR count). The van der Waals surface area contributed by atoms with Crippen LogP contribution >= 0.6 is 11.8 Å². The maximum absolute atomic E-state index is 11.6. The van der Waals surface area contributed by atoms with Gasteiger partial charge in [-0.25, -0.2) is 0 Å². The summed E-state index contributed by atoms with van der Waals surface area (Å²) in [4.78, 5) is 25.0. The molecule has 1 heterocycles. The van der Waals surface area contributed by atoms with Gasteiger partial charge in [-0.05, 0) is 12.1 Å². The van der Waals surface area contributed by atoms with Crippen LogP contribution < -0.4 is 10.9 Å². The van der Waals surface area contributed by atoms with E-state index in [1.807, 2.05) is 0 Å². The predicted molar refractivity (Wildman–Crippen MR) is 70.1 cm³/mol. The predicted octanol–water partition coefficient (Wildman–Crippen LogP) is 0.601. The number of benzene rings is 1. The number of H-pyrrole nitrogens is 1. The lowest BCUT2D eigenvalue weighted by Crippen LogP contribution is -2.15. The summed E-state index contributed by atoms with van der Waals surface area (Å²) in [5.74, 6) is -0.282. The number of amides is 1. The maximum atomic E-state index is 11.6. The highest BCUT2D eigenvalue weighted by Gasteiger charge is 2.07. The monoisotopic (exact) mass is 278 g/mol. The largest absolute Gasteiger partial charge is 0.506 e. The lowest BCUT2D eigenvalue weighted by molar-refractivity contribution is -0.113. The molecule has 0 saturated carbocycles. The van der Waals surface area contributed by atoms with Crippen LogP contribution in [0.3, 0.4) is 0 Å². The van der Waals surface area contributed by atoms with Crippen LogP contribution in [-0.4, -0.2) is 31.9 Å². The van der Waals surface area contributed by atoms with Gasteiger partial charge in [-0.1, -0.05) is 23.9 Å². The van der Waals surface area contributed by atoms with E-state index in [4.69, 9.17) is 0 Å². The number of aromatic amines is 1. The smallest absolute Gasteiger partial charge is 0.270 e. The van der Waals surface area contributed by atoms with Gasteiger partial charge in [0.25, 0.3) is 5.56 Å². The van der Waals surface area contributed by atoms with Crippen molar-refractivity contribution in [2.75, 3.05) is 11.1 Å². The van der Waals surface area contributed by atoms with Crippen molar-refractivity contribution in [3.05, 3.63) is 40.8 Å². The summed E-state index contributed by atoms with van der Waals surface area (Å²) in [6.45, 7) is 0.